The van der Waals surface area contributed by atoms with Crippen LogP contribution < -0.4 is 0 Å². The number of hydrogen-bond donors (Lipinski definition) is 1. The van der Waals surface area contributed by atoms with Crippen molar-refractivity contribution in [2.45, 2.75) is 0 Å². The summed E-state index contributed by atoms with van der Waals surface area (Å²) in [6.07, 6.45) is 0. The lowest BCUT2D eigenvalue weighted by Crippen LogP contribution is -1.97. The molecule has 0 fully saturated rings. The first-order valence-electron chi connectivity index (χ1n) is 10.3. The number of benzene rings is 4. The van der Waals surface area contributed by atoms with Crippen LogP contribution in [0.1, 0.15) is 0 Å². The molecule has 4 aromatic carbocycles. The molecule has 0 saturated carbocycles. The highest BCUT2D eigenvalue weighted by Crippen LogP contribution is 2.38. The van der Waals surface area contributed by atoms with Crippen molar-refractivity contribution < 1.29 is 5.11 Å². The van der Waals surface area contributed by atoms with Gasteiger partial charge in [0.05, 0.1) is 11.4 Å². The van der Waals surface area contributed by atoms with Crippen molar-refractivity contribution in [3.63, 3.8) is 0 Å². The first kappa shape index (κ1) is 18.9. The fraction of sp³-hybridized carbons (Fsp3) is 0.0357. The fourth-order valence-corrected chi connectivity index (χ4v) is 4.07. The van der Waals surface area contributed by atoms with Gasteiger partial charge in [-0.15, -0.1) is 0 Å². The van der Waals surface area contributed by atoms with E-state index in [2.05, 4.69) is 60.1 Å². The van der Waals surface area contributed by atoms with E-state index in [0.29, 0.717) is 0 Å². The average Bonchev–Trinajstić information content (AvgIpc) is 3.17. The highest BCUT2D eigenvalue weighted by Gasteiger charge is 2.20. The van der Waals surface area contributed by atoms with Crippen molar-refractivity contribution in [3.05, 3.63) is 109 Å². The van der Waals surface area contributed by atoms with Crippen molar-refractivity contribution in [3.8, 4) is 50.8 Å². The van der Waals surface area contributed by atoms with E-state index in [9.17, 15) is 5.11 Å². The summed E-state index contributed by atoms with van der Waals surface area (Å²) in [5.41, 5.74) is 7.25. The van der Waals surface area contributed by atoms with E-state index in [1.807, 2.05) is 48.5 Å². The van der Waals surface area contributed by atoms with Gasteiger partial charge < -0.3 is 9.67 Å². The Morgan fingerprint density at radius 1 is 0.613 bits per heavy atom. The fourth-order valence-electron chi connectivity index (χ4n) is 4.07. The van der Waals surface area contributed by atoms with Crippen molar-refractivity contribution in [1.82, 2.24) is 9.55 Å². The Bertz CT molecular complexity index is 1340. The highest BCUT2D eigenvalue weighted by molar-refractivity contribution is 5.86. The molecule has 0 radical (unpaired) electrons. The summed E-state index contributed by atoms with van der Waals surface area (Å²) >= 11 is 0. The molecule has 3 nitrogen and oxygen atoms in total. The smallest absolute Gasteiger partial charge is 0.141 e. The van der Waals surface area contributed by atoms with Crippen molar-refractivity contribution >= 4 is 0 Å². The Kier molecular flexibility index (Phi) is 4.85. The third-order valence-electron chi connectivity index (χ3n) is 5.51. The van der Waals surface area contributed by atoms with Gasteiger partial charge in [-0.3, -0.25) is 0 Å². The van der Waals surface area contributed by atoms with Gasteiger partial charge in [-0.2, -0.15) is 0 Å². The standard InChI is InChI=1S/C28H22N2O/c1-30-27(21-13-6-3-7-14-21)26(20-11-4-2-5-12-20)29-28(30)25-18-9-8-17-24(25)22-15-10-16-23(31)19-22/h2-19,31H,1H3. The van der Waals surface area contributed by atoms with Crippen LogP contribution in [0, 0.1) is 0 Å². The molecule has 0 amide bonds. The molecule has 0 bridgehead atoms. The third kappa shape index (κ3) is 3.51. The van der Waals surface area contributed by atoms with Crippen LogP contribution in [0.2, 0.25) is 0 Å². The molecule has 0 unspecified atom stereocenters. The van der Waals surface area contributed by atoms with E-state index in [-0.39, 0.29) is 5.75 Å². The number of aromatic nitrogens is 2. The monoisotopic (exact) mass is 402 g/mol. The van der Waals surface area contributed by atoms with Crippen LogP contribution in [-0.4, -0.2) is 14.7 Å². The van der Waals surface area contributed by atoms with Crippen LogP contribution in [-0.2, 0) is 7.05 Å². The second-order valence-electron chi connectivity index (χ2n) is 7.52. The summed E-state index contributed by atoms with van der Waals surface area (Å²) in [5.74, 6) is 1.14. The van der Waals surface area contributed by atoms with Crippen LogP contribution in [0.25, 0.3) is 45.0 Å². The molecule has 0 aliphatic carbocycles. The summed E-state index contributed by atoms with van der Waals surface area (Å²) in [5, 5.41) is 10.0. The van der Waals surface area contributed by atoms with Gasteiger partial charge in [0.1, 0.15) is 11.6 Å². The summed E-state index contributed by atoms with van der Waals surface area (Å²) in [7, 11) is 2.07. The van der Waals surface area contributed by atoms with E-state index >= 15 is 0 Å². The number of imidazole rings is 1. The normalized spacial score (nSPS) is 10.9. The summed E-state index contributed by atoms with van der Waals surface area (Å²) in [6.45, 7) is 0. The zero-order valence-electron chi connectivity index (χ0n) is 17.2. The first-order valence-corrected chi connectivity index (χ1v) is 10.3. The number of phenolic OH excluding ortho intramolecular Hbond substituents is 1. The van der Waals surface area contributed by atoms with Crippen LogP contribution in [0.4, 0.5) is 0 Å². The topological polar surface area (TPSA) is 38.0 Å². The SMILES string of the molecule is Cn1c(-c2ccccc2-c2cccc(O)c2)nc(-c2ccccc2)c1-c1ccccc1. The highest BCUT2D eigenvalue weighted by atomic mass is 16.3. The third-order valence-corrected chi connectivity index (χ3v) is 5.51. The van der Waals surface area contributed by atoms with Gasteiger partial charge in [0.2, 0.25) is 0 Å². The van der Waals surface area contributed by atoms with E-state index < -0.39 is 0 Å². The second kappa shape index (κ2) is 7.96. The minimum absolute atomic E-state index is 0.252. The summed E-state index contributed by atoms with van der Waals surface area (Å²) in [4.78, 5) is 5.14. The zero-order valence-corrected chi connectivity index (χ0v) is 17.2. The van der Waals surface area contributed by atoms with Gasteiger partial charge in [-0.25, -0.2) is 4.98 Å². The second-order valence-corrected chi connectivity index (χ2v) is 7.52. The van der Waals surface area contributed by atoms with E-state index in [1.165, 1.54) is 0 Å². The van der Waals surface area contributed by atoms with Crippen LogP contribution >= 0.6 is 0 Å². The molecule has 1 aromatic heterocycles. The Morgan fingerprint density at radius 3 is 1.87 bits per heavy atom. The molecular weight excluding hydrogens is 380 g/mol. The molecule has 1 heterocycles. The number of rotatable bonds is 4. The Hall–Kier alpha value is -4.11. The van der Waals surface area contributed by atoms with Crippen LogP contribution in [0.15, 0.2) is 109 Å². The van der Waals surface area contributed by atoms with Gasteiger partial charge in [0.15, 0.2) is 0 Å². The molecule has 1 N–H and O–H groups in total. The molecule has 31 heavy (non-hydrogen) atoms. The van der Waals surface area contributed by atoms with Crippen LogP contribution in [0.3, 0.4) is 0 Å². The lowest BCUT2D eigenvalue weighted by molar-refractivity contribution is 0.475. The predicted octanol–water partition coefficient (Wildman–Crippen LogP) is 6.79. The molecule has 0 aliphatic rings. The lowest BCUT2D eigenvalue weighted by atomic mass is 9.99. The molecule has 5 rings (SSSR count). The lowest BCUT2D eigenvalue weighted by Gasteiger charge is -2.11. The van der Waals surface area contributed by atoms with E-state index in [1.54, 1.807) is 12.1 Å². The molecule has 0 spiro atoms. The van der Waals surface area contributed by atoms with Gasteiger partial charge in [-0.05, 0) is 23.3 Å². The molecular formula is C28H22N2O. The summed E-state index contributed by atoms with van der Waals surface area (Å²) < 4.78 is 2.17. The Labute approximate surface area is 181 Å². The molecule has 0 aliphatic heterocycles. The Morgan fingerprint density at radius 2 is 1.19 bits per heavy atom. The zero-order chi connectivity index (χ0) is 21.2. The van der Waals surface area contributed by atoms with Crippen molar-refractivity contribution in [1.29, 1.82) is 0 Å². The average molecular weight is 402 g/mol. The van der Waals surface area contributed by atoms with Gasteiger partial charge in [-0.1, -0.05) is 97.1 Å². The predicted molar refractivity (Wildman–Crippen MR) is 127 cm³/mol. The molecule has 3 heteroatoms. The van der Waals surface area contributed by atoms with Gasteiger partial charge in [0, 0.05) is 23.7 Å². The quantitative estimate of drug-likeness (QED) is 0.359. The first-order chi connectivity index (χ1) is 15.2. The maximum Gasteiger partial charge on any atom is 0.141 e. The molecule has 150 valence electrons. The minimum atomic E-state index is 0.252. The van der Waals surface area contributed by atoms with Gasteiger partial charge in [0.25, 0.3) is 0 Å². The number of aromatic hydroxyl groups is 1. The number of hydrogen-bond acceptors (Lipinski definition) is 2. The molecule has 5 aromatic rings. The number of phenols is 1. The van der Waals surface area contributed by atoms with Gasteiger partial charge >= 0.3 is 0 Å². The minimum Gasteiger partial charge on any atom is -0.508 e. The van der Waals surface area contributed by atoms with E-state index in [4.69, 9.17) is 4.98 Å². The van der Waals surface area contributed by atoms with E-state index in [0.717, 1.165) is 45.0 Å². The largest absolute Gasteiger partial charge is 0.508 e. The Balaban J connectivity index is 1.77. The van der Waals surface area contributed by atoms with Crippen LogP contribution in [0.5, 0.6) is 5.75 Å². The number of nitrogens with zero attached hydrogens (tertiary/aromatic N) is 2. The molecule has 0 atom stereocenters. The van der Waals surface area contributed by atoms with Crippen molar-refractivity contribution in [2.24, 2.45) is 7.05 Å². The maximum absolute atomic E-state index is 10.0. The molecule has 0 saturated heterocycles. The maximum atomic E-state index is 10.0. The van der Waals surface area contributed by atoms with Crippen molar-refractivity contribution in [2.75, 3.05) is 0 Å². The summed E-state index contributed by atoms with van der Waals surface area (Å²) in [6, 6.07) is 36.2.